The van der Waals surface area contributed by atoms with Gasteiger partial charge in [0.05, 0.1) is 7.05 Å². The van der Waals surface area contributed by atoms with E-state index in [9.17, 15) is 4.79 Å². The Bertz CT molecular complexity index is 364. The first-order chi connectivity index (χ1) is 8.08. The lowest BCUT2D eigenvalue weighted by molar-refractivity contribution is -0.908. The monoisotopic (exact) mass is 253 g/mol. The minimum atomic E-state index is -0.0276. The Balaban J connectivity index is 2.60. The van der Waals surface area contributed by atoms with Crippen LogP contribution in [-0.4, -0.2) is 32.3 Å². The van der Waals surface area contributed by atoms with Gasteiger partial charge in [0.25, 0.3) is 5.91 Å². The second-order valence-electron chi connectivity index (χ2n) is 4.21. The maximum absolute atomic E-state index is 11.5. The molecule has 1 aromatic carbocycles. The SMILES string of the molecule is CNC(=O)[C@H](C)[NH+](C)Cc1ccc(SC)cc1. The summed E-state index contributed by atoms with van der Waals surface area (Å²) in [5.74, 6) is 0.0863. The first kappa shape index (κ1) is 14.1. The van der Waals surface area contributed by atoms with Gasteiger partial charge in [-0.2, -0.15) is 0 Å². The molecule has 17 heavy (non-hydrogen) atoms. The van der Waals surface area contributed by atoms with Crippen molar-refractivity contribution in [3.8, 4) is 0 Å². The van der Waals surface area contributed by atoms with Gasteiger partial charge < -0.3 is 10.2 Å². The Morgan fingerprint density at radius 1 is 1.41 bits per heavy atom. The predicted molar refractivity (Wildman–Crippen MR) is 72.3 cm³/mol. The van der Waals surface area contributed by atoms with Crippen LogP contribution in [0.25, 0.3) is 0 Å². The lowest BCUT2D eigenvalue weighted by Gasteiger charge is -2.20. The quantitative estimate of drug-likeness (QED) is 0.752. The topological polar surface area (TPSA) is 33.5 Å². The molecule has 0 aromatic heterocycles. The summed E-state index contributed by atoms with van der Waals surface area (Å²) in [7, 11) is 3.72. The smallest absolute Gasteiger partial charge is 0.277 e. The molecule has 1 unspecified atom stereocenters. The highest BCUT2D eigenvalue weighted by molar-refractivity contribution is 7.98. The first-order valence-corrected chi connectivity index (χ1v) is 6.97. The molecule has 0 aliphatic rings. The van der Waals surface area contributed by atoms with E-state index in [4.69, 9.17) is 0 Å². The highest BCUT2D eigenvalue weighted by Gasteiger charge is 2.20. The van der Waals surface area contributed by atoms with Crippen molar-refractivity contribution < 1.29 is 9.69 Å². The molecular weight excluding hydrogens is 232 g/mol. The molecule has 0 aliphatic carbocycles. The summed E-state index contributed by atoms with van der Waals surface area (Å²) in [4.78, 5) is 14.0. The van der Waals surface area contributed by atoms with E-state index >= 15 is 0 Å². The Labute approximate surface area is 108 Å². The van der Waals surface area contributed by atoms with E-state index in [1.165, 1.54) is 15.4 Å². The van der Waals surface area contributed by atoms with Crippen LogP contribution in [0, 0.1) is 0 Å². The summed E-state index contributed by atoms with van der Waals surface area (Å²) in [6, 6.07) is 8.48. The molecule has 0 spiro atoms. The van der Waals surface area contributed by atoms with E-state index in [1.807, 2.05) is 14.0 Å². The molecule has 1 aromatic rings. The van der Waals surface area contributed by atoms with E-state index in [0.29, 0.717) is 0 Å². The number of likely N-dealkylation sites (N-methyl/N-ethyl adjacent to an activating group) is 2. The van der Waals surface area contributed by atoms with Crippen LogP contribution in [0.2, 0.25) is 0 Å². The van der Waals surface area contributed by atoms with Crippen LogP contribution in [0.3, 0.4) is 0 Å². The number of thioether (sulfide) groups is 1. The van der Waals surface area contributed by atoms with E-state index in [1.54, 1.807) is 18.8 Å². The highest BCUT2D eigenvalue weighted by atomic mass is 32.2. The molecule has 2 N–H and O–H groups in total. The molecule has 0 saturated carbocycles. The standard InChI is InChI=1S/C13H20N2OS/c1-10(13(16)14-2)15(3)9-11-5-7-12(17-4)8-6-11/h5-8,10H,9H2,1-4H3,(H,14,16)/p+1/t10-/m0/s1. The van der Waals surface area contributed by atoms with Crippen LogP contribution < -0.4 is 10.2 Å². The Hall–Kier alpha value is -1.00. The van der Waals surface area contributed by atoms with E-state index in [-0.39, 0.29) is 11.9 Å². The molecule has 0 bridgehead atoms. The van der Waals surface area contributed by atoms with Crippen molar-refractivity contribution in [2.75, 3.05) is 20.4 Å². The highest BCUT2D eigenvalue weighted by Crippen LogP contribution is 2.14. The van der Waals surface area contributed by atoms with Crippen LogP contribution >= 0.6 is 11.8 Å². The largest absolute Gasteiger partial charge is 0.354 e. The third-order valence-corrected chi connectivity index (χ3v) is 3.76. The minimum Gasteiger partial charge on any atom is -0.354 e. The number of carbonyl (C=O) groups is 1. The fraction of sp³-hybridized carbons (Fsp3) is 0.462. The third kappa shape index (κ3) is 4.06. The van der Waals surface area contributed by atoms with Crippen LogP contribution in [0.4, 0.5) is 0 Å². The van der Waals surface area contributed by atoms with E-state index < -0.39 is 0 Å². The molecule has 3 nitrogen and oxygen atoms in total. The van der Waals surface area contributed by atoms with Gasteiger partial charge in [0.2, 0.25) is 0 Å². The summed E-state index contributed by atoms with van der Waals surface area (Å²) in [5.41, 5.74) is 1.26. The normalized spacial score (nSPS) is 14.1. The van der Waals surface area contributed by atoms with Gasteiger partial charge in [0.15, 0.2) is 6.04 Å². The van der Waals surface area contributed by atoms with Gasteiger partial charge >= 0.3 is 0 Å². The molecule has 2 atom stereocenters. The average molecular weight is 253 g/mol. The first-order valence-electron chi connectivity index (χ1n) is 5.75. The van der Waals surface area contributed by atoms with Crippen molar-refractivity contribution in [3.63, 3.8) is 0 Å². The molecule has 0 aliphatic heterocycles. The van der Waals surface area contributed by atoms with Crippen molar-refractivity contribution in [1.29, 1.82) is 0 Å². The summed E-state index contributed by atoms with van der Waals surface area (Å²) >= 11 is 1.74. The molecule has 0 saturated heterocycles. The number of rotatable bonds is 5. The second-order valence-corrected chi connectivity index (χ2v) is 5.09. The summed E-state index contributed by atoms with van der Waals surface area (Å²) in [6.07, 6.45) is 2.07. The van der Waals surface area contributed by atoms with Gasteiger partial charge in [-0.25, -0.2) is 0 Å². The van der Waals surface area contributed by atoms with Crippen molar-refractivity contribution in [3.05, 3.63) is 29.8 Å². The van der Waals surface area contributed by atoms with Crippen molar-refractivity contribution in [2.45, 2.75) is 24.4 Å². The van der Waals surface area contributed by atoms with Gasteiger partial charge in [-0.05, 0) is 25.3 Å². The number of hydrogen-bond acceptors (Lipinski definition) is 2. The second kappa shape index (κ2) is 6.67. The zero-order valence-electron chi connectivity index (χ0n) is 10.9. The Kier molecular flexibility index (Phi) is 5.51. The van der Waals surface area contributed by atoms with Crippen molar-refractivity contribution in [2.24, 2.45) is 0 Å². The number of carbonyl (C=O) groups excluding carboxylic acids is 1. The molecule has 1 amide bonds. The zero-order chi connectivity index (χ0) is 12.8. The predicted octanol–water partition coefficient (Wildman–Crippen LogP) is 0.558. The number of hydrogen-bond donors (Lipinski definition) is 2. The molecule has 94 valence electrons. The average Bonchev–Trinajstić information content (AvgIpc) is 2.37. The molecule has 0 radical (unpaired) electrons. The lowest BCUT2D eigenvalue weighted by atomic mass is 10.2. The van der Waals surface area contributed by atoms with E-state index in [2.05, 4.69) is 35.8 Å². The minimum absolute atomic E-state index is 0.0276. The molecular formula is C13H21N2OS+. The maximum atomic E-state index is 11.5. The molecule has 0 heterocycles. The van der Waals surface area contributed by atoms with Gasteiger partial charge in [0.1, 0.15) is 6.54 Å². The van der Waals surface area contributed by atoms with Crippen molar-refractivity contribution in [1.82, 2.24) is 5.32 Å². The van der Waals surface area contributed by atoms with Gasteiger partial charge in [-0.15, -0.1) is 11.8 Å². The Morgan fingerprint density at radius 3 is 2.47 bits per heavy atom. The molecule has 0 fully saturated rings. The van der Waals surface area contributed by atoms with Gasteiger partial charge in [-0.3, -0.25) is 4.79 Å². The summed E-state index contributed by atoms with van der Waals surface area (Å²) in [5, 5.41) is 2.69. The van der Waals surface area contributed by atoms with Crippen LogP contribution in [0.1, 0.15) is 12.5 Å². The fourth-order valence-corrected chi connectivity index (χ4v) is 2.07. The van der Waals surface area contributed by atoms with Crippen LogP contribution in [0.15, 0.2) is 29.2 Å². The van der Waals surface area contributed by atoms with E-state index in [0.717, 1.165) is 6.54 Å². The van der Waals surface area contributed by atoms with Gasteiger partial charge in [0, 0.05) is 17.5 Å². The Morgan fingerprint density at radius 2 is 2.00 bits per heavy atom. The third-order valence-electron chi connectivity index (χ3n) is 3.02. The maximum Gasteiger partial charge on any atom is 0.277 e. The molecule has 1 rings (SSSR count). The zero-order valence-corrected chi connectivity index (χ0v) is 11.7. The van der Waals surface area contributed by atoms with Crippen molar-refractivity contribution >= 4 is 17.7 Å². The number of amides is 1. The van der Waals surface area contributed by atoms with Crippen LogP contribution in [0.5, 0.6) is 0 Å². The molecule has 4 heteroatoms. The van der Waals surface area contributed by atoms with Gasteiger partial charge in [-0.1, -0.05) is 12.1 Å². The van der Waals surface area contributed by atoms with Crippen LogP contribution in [-0.2, 0) is 11.3 Å². The summed E-state index contributed by atoms with van der Waals surface area (Å²) in [6.45, 7) is 2.81. The fourth-order valence-electron chi connectivity index (χ4n) is 1.66. The number of benzene rings is 1. The summed E-state index contributed by atoms with van der Waals surface area (Å²) < 4.78 is 0. The number of nitrogens with one attached hydrogen (secondary N) is 2. The number of quaternary nitrogens is 1. The lowest BCUT2D eigenvalue weighted by Crippen LogP contribution is -3.12.